The number of nitrogens with one attached hydrogen (secondary N) is 1. The van der Waals surface area contributed by atoms with Crippen LogP contribution in [0.15, 0.2) is 19.6 Å². The molecule has 18 heavy (non-hydrogen) atoms. The lowest BCUT2D eigenvalue weighted by Gasteiger charge is -2.28. The number of rotatable bonds is 5. The zero-order valence-corrected chi connectivity index (χ0v) is 13.9. The van der Waals surface area contributed by atoms with Crippen LogP contribution in [-0.4, -0.2) is 31.1 Å². The quantitative estimate of drug-likeness (QED) is 0.846. The monoisotopic (exact) mass is 378 g/mol. The Balaban J connectivity index is 1.88. The molecule has 1 aromatic heterocycles. The molecule has 102 valence electrons. The van der Waals surface area contributed by atoms with Crippen LogP contribution < -0.4 is 5.32 Å². The van der Waals surface area contributed by atoms with Crippen LogP contribution in [-0.2, 0) is 6.54 Å². The zero-order valence-electron chi connectivity index (χ0n) is 10.7. The van der Waals surface area contributed by atoms with Gasteiger partial charge in [-0.3, -0.25) is 4.90 Å². The van der Waals surface area contributed by atoms with E-state index in [1.54, 1.807) is 0 Å². The highest BCUT2D eigenvalue weighted by atomic mass is 79.9. The van der Waals surface area contributed by atoms with Gasteiger partial charge in [0.05, 0.1) is 11.0 Å². The average molecular weight is 380 g/mol. The van der Waals surface area contributed by atoms with Gasteiger partial charge in [-0.05, 0) is 76.3 Å². The van der Waals surface area contributed by atoms with E-state index in [9.17, 15) is 0 Å². The molecule has 0 saturated carbocycles. The van der Waals surface area contributed by atoms with Gasteiger partial charge in [0.15, 0.2) is 4.67 Å². The predicted octanol–water partition coefficient (Wildman–Crippen LogP) is 3.63. The van der Waals surface area contributed by atoms with Gasteiger partial charge in [-0.1, -0.05) is 6.92 Å². The first-order chi connectivity index (χ1) is 8.69. The summed E-state index contributed by atoms with van der Waals surface area (Å²) in [6.45, 7) is 7.65. The Morgan fingerprint density at radius 2 is 2.33 bits per heavy atom. The average Bonchev–Trinajstić information content (AvgIpc) is 2.69. The van der Waals surface area contributed by atoms with Crippen molar-refractivity contribution in [1.29, 1.82) is 0 Å². The maximum absolute atomic E-state index is 5.65. The molecule has 5 heteroatoms. The molecule has 1 saturated heterocycles. The summed E-state index contributed by atoms with van der Waals surface area (Å²) in [4.78, 5) is 2.45. The first-order valence-electron chi connectivity index (χ1n) is 6.55. The van der Waals surface area contributed by atoms with Crippen LogP contribution in [0.4, 0.5) is 0 Å². The number of furan rings is 1. The van der Waals surface area contributed by atoms with Crippen molar-refractivity contribution in [3.8, 4) is 0 Å². The SMILES string of the molecule is CCN(Cc1cc(Br)c(Br)o1)CC1CCCNC1. The van der Waals surface area contributed by atoms with E-state index in [0.29, 0.717) is 0 Å². The molecule has 1 N–H and O–H groups in total. The molecule has 0 amide bonds. The fourth-order valence-corrected chi connectivity index (χ4v) is 3.10. The van der Waals surface area contributed by atoms with Crippen molar-refractivity contribution in [2.24, 2.45) is 5.92 Å². The van der Waals surface area contributed by atoms with Crippen molar-refractivity contribution in [2.45, 2.75) is 26.3 Å². The summed E-state index contributed by atoms with van der Waals surface area (Å²) in [5.41, 5.74) is 0. The van der Waals surface area contributed by atoms with Crippen molar-refractivity contribution >= 4 is 31.9 Å². The highest BCUT2D eigenvalue weighted by Crippen LogP contribution is 2.27. The molecule has 1 atom stereocenters. The van der Waals surface area contributed by atoms with Crippen LogP contribution >= 0.6 is 31.9 Å². The van der Waals surface area contributed by atoms with E-state index in [-0.39, 0.29) is 0 Å². The minimum atomic E-state index is 0.778. The molecule has 0 aliphatic carbocycles. The molecule has 1 aromatic rings. The van der Waals surface area contributed by atoms with Gasteiger partial charge < -0.3 is 9.73 Å². The van der Waals surface area contributed by atoms with E-state index in [4.69, 9.17) is 4.42 Å². The highest BCUT2D eigenvalue weighted by Gasteiger charge is 2.17. The number of halogens is 2. The van der Waals surface area contributed by atoms with Crippen LogP contribution in [0.3, 0.4) is 0 Å². The molecule has 0 radical (unpaired) electrons. The Morgan fingerprint density at radius 3 is 2.89 bits per heavy atom. The molecule has 1 unspecified atom stereocenters. The van der Waals surface area contributed by atoms with Gasteiger partial charge in [0, 0.05) is 6.54 Å². The van der Waals surface area contributed by atoms with Crippen molar-refractivity contribution < 1.29 is 4.42 Å². The lowest BCUT2D eigenvalue weighted by Crippen LogP contribution is -2.38. The summed E-state index contributed by atoms with van der Waals surface area (Å²) in [6.07, 6.45) is 2.65. The topological polar surface area (TPSA) is 28.4 Å². The van der Waals surface area contributed by atoms with Gasteiger partial charge in [0.2, 0.25) is 0 Å². The van der Waals surface area contributed by atoms with Crippen LogP contribution in [0.1, 0.15) is 25.5 Å². The largest absolute Gasteiger partial charge is 0.452 e. The minimum absolute atomic E-state index is 0.778. The number of hydrogen-bond acceptors (Lipinski definition) is 3. The molecule has 1 aliphatic heterocycles. The second-order valence-corrected chi connectivity index (χ2v) is 6.45. The van der Waals surface area contributed by atoms with Crippen LogP contribution in [0.25, 0.3) is 0 Å². The Bertz CT molecular complexity index is 356. The fourth-order valence-electron chi connectivity index (χ4n) is 2.44. The van der Waals surface area contributed by atoms with E-state index in [2.05, 4.69) is 49.0 Å². The van der Waals surface area contributed by atoms with Crippen molar-refractivity contribution in [2.75, 3.05) is 26.2 Å². The second-order valence-electron chi connectivity index (χ2n) is 4.87. The lowest BCUT2D eigenvalue weighted by atomic mass is 9.99. The Hall–Kier alpha value is 0.160. The summed E-state index contributed by atoms with van der Waals surface area (Å²) in [7, 11) is 0. The number of piperidine rings is 1. The normalized spacial score (nSPS) is 20.6. The van der Waals surface area contributed by atoms with E-state index in [0.717, 1.165) is 47.0 Å². The summed E-state index contributed by atoms with van der Waals surface area (Å²) >= 11 is 6.84. The first kappa shape index (κ1) is 14.6. The summed E-state index contributed by atoms with van der Waals surface area (Å²) in [5, 5.41) is 3.48. The lowest BCUT2D eigenvalue weighted by molar-refractivity contribution is 0.196. The van der Waals surface area contributed by atoms with Crippen molar-refractivity contribution in [3.05, 3.63) is 21.0 Å². The van der Waals surface area contributed by atoms with Crippen LogP contribution in [0, 0.1) is 5.92 Å². The molecule has 0 bridgehead atoms. The predicted molar refractivity (Wildman–Crippen MR) is 80.7 cm³/mol. The number of nitrogens with zero attached hydrogens (tertiary/aromatic N) is 1. The number of hydrogen-bond donors (Lipinski definition) is 1. The maximum atomic E-state index is 5.65. The van der Waals surface area contributed by atoms with Gasteiger partial charge in [0.1, 0.15) is 5.76 Å². The molecule has 0 aromatic carbocycles. The Morgan fingerprint density at radius 1 is 1.50 bits per heavy atom. The molecule has 1 fully saturated rings. The minimum Gasteiger partial charge on any atom is -0.452 e. The third kappa shape index (κ3) is 4.08. The van der Waals surface area contributed by atoms with E-state index < -0.39 is 0 Å². The zero-order chi connectivity index (χ0) is 13.0. The van der Waals surface area contributed by atoms with Gasteiger partial charge in [-0.2, -0.15) is 0 Å². The van der Waals surface area contributed by atoms with Gasteiger partial charge in [-0.25, -0.2) is 0 Å². The van der Waals surface area contributed by atoms with E-state index in [1.165, 1.54) is 19.4 Å². The molecule has 3 nitrogen and oxygen atoms in total. The second kappa shape index (κ2) is 7.08. The smallest absolute Gasteiger partial charge is 0.183 e. The molecule has 2 heterocycles. The summed E-state index contributed by atoms with van der Waals surface area (Å²) in [6, 6.07) is 2.05. The van der Waals surface area contributed by atoms with Crippen molar-refractivity contribution in [1.82, 2.24) is 10.2 Å². The standard InChI is InChI=1S/C13H20Br2N2O/c1-2-17(8-10-4-3-5-16-7-10)9-11-6-12(14)13(15)18-11/h6,10,16H,2-5,7-9H2,1H3. The third-order valence-corrected chi connectivity index (χ3v) is 5.15. The maximum Gasteiger partial charge on any atom is 0.183 e. The molecule has 0 spiro atoms. The summed E-state index contributed by atoms with van der Waals surface area (Å²) < 4.78 is 7.43. The van der Waals surface area contributed by atoms with E-state index in [1.807, 2.05) is 6.07 Å². The van der Waals surface area contributed by atoms with Crippen LogP contribution in [0.2, 0.25) is 0 Å². The molecule has 2 rings (SSSR count). The molecular weight excluding hydrogens is 360 g/mol. The molecular formula is C13H20Br2N2O. The third-order valence-electron chi connectivity index (χ3n) is 3.44. The summed E-state index contributed by atoms with van der Waals surface area (Å²) in [5.74, 6) is 1.79. The van der Waals surface area contributed by atoms with Crippen LogP contribution in [0.5, 0.6) is 0 Å². The van der Waals surface area contributed by atoms with E-state index >= 15 is 0 Å². The fraction of sp³-hybridized carbons (Fsp3) is 0.692. The van der Waals surface area contributed by atoms with Gasteiger partial charge in [-0.15, -0.1) is 0 Å². The van der Waals surface area contributed by atoms with Gasteiger partial charge >= 0.3 is 0 Å². The first-order valence-corrected chi connectivity index (χ1v) is 8.14. The molecule has 1 aliphatic rings. The van der Waals surface area contributed by atoms with Gasteiger partial charge in [0.25, 0.3) is 0 Å². The Labute approximate surface area is 126 Å². The Kier molecular flexibility index (Phi) is 5.73. The highest BCUT2D eigenvalue weighted by molar-refractivity contribution is 9.13. The van der Waals surface area contributed by atoms with Crippen molar-refractivity contribution in [3.63, 3.8) is 0 Å².